The third kappa shape index (κ3) is 5.68. The van der Waals surface area contributed by atoms with E-state index in [1.165, 1.54) is 6.33 Å². The number of carbonyl (C=O) groups excluding carboxylic acids is 2. The van der Waals surface area contributed by atoms with E-state index in [0.29, 0.717) is 30.6 Å². The van der Waals surface area contributed by atoms with E-state index in [2.05, 4.69) is 15.0 Å². The summed E-state index contributed by atoms with van der Waals surface area (Å²) in [5.74, 6) is -0.205. The fourth-order valence-corrected chi connectivity index (χ4v) is 4.20. The summed E-state index contributed by atoms with van der Waals surface area (Å²) in [5.41, 5.74) is 2.65. The first-order chi connectivity index (χ1) is 17.4. The molecule has 0 saturated heterocycles. The van der Waals surface area contributed by atoms with Gasteiger partial charge in [0.25, 0.3) is 5.91 Å². The summed E-state index contributed by atoms with van der Waals surface area (Å²) in [5, 5.41) is 9.85. The Morgan fingerprint density at radius 3 is 2.61 bits per heavy atom. The van der Waals surface area contributed by atoms with Crippen LogP contribution in [0.15, 0.2) is 61.3 Å². The Morgan fingerprint density at radius 1 is 1.19 bits per heavy atom. The zero-order valence-corrected chi connectivity index (χ0v) is 20.7. The highest BCUT2D eigenvalue weighted by molar-refractivity contribution is 5.98. The van der Waals surface area contributed by atoms with Gasteiger partial charge in [-0.1, -0.05) is 37.3 Å². The van der Waals surface area contributed by atoms with Crippen LogP contribution in [0.3, 0.4) is 0 Å². The number of aliphatic hydroxyl groups is 1. The topological polar surface area (TPSA) is 109 Å². The number of hydrogen-bond donors (Lipinski definition) is 1. The van der Waals surface area contributed by atoms with Gasteiger partial charge in [0.05, 0.1) is 25.6 Å². The van der Waals surface area contributed by atoms with Crippen LogP contribution in [0.5, 0.6) is 5.88 Å². The molecule has 1 aliphatic rings. The van der Waals surface area contributed by atoms with Gasteiger partial charge in [-0.25, -0.2) is 15.0 Å². The predicted octanol–water partition coefficient (Wildman–Crippen LogP) is 2.46. The molecule has 2 aromatic heterocycles. The molecule has 3 atom stereocenters. The number of fused-ring (bicyclic) bond motifs is 1. The van der Waals surface area contributed by atoms with Crippen LogP contribution in [0.25, 0.3) is 11.1 Å². The van der Waals surface area contributed by atoms with Gasteiger partial charge in [0.2, 0.25) is 11.8 Å². The van der Waals surface area contributed by atoms with Gasteiger partial charge in [0, 0.05) is 49.2 Å². The summed E-state index contributed by atoms with van der Waals surface area (Å²) in [6.45, 7) is 4.31. The van der Waals surface area contributed by atoms with Crippen molar-refractivity contribution < 1.29 is 19.4 Å². The van der Waals surface area contributed by atoms with Crippen LogP contribution in [0.1, 0.15) is 29.8 Å². The molecule has 4 rings (SSSR count). The monoisotopic (exact) mass is 489 g/mol. The molecule has 36 heavy (non-hydrogen) atoms. The van der Waals surface area contributed by atoms with E-state index in [-0.39, 0.29) is 30.2 Å². The molecule has 0 radical (unpaired) electrons. The first kappa shape index (κ1) is 25.2. The maximum absolute atomic E-state index is 13.6. The number of pyridine rings is 1. The lowest BCUT2D eigenvalue weighted by molar-refractivity contribution is -0.130. The Kier molecular flexibility index (Phi) is 7.90. The highest BCUT2D eigenvalue weighted by Gasteiger charge is 2.34. The van der Waals surface area contributed by atoms with Crippen molar-refractivity contribution in [1.29, 1.82) is 0 Å². The minimum Gasteiger partial charge on any atom is -0.472 e. The summed E-state index contributed by atoms with van der Waals surface area (Å²) < 4.78 is 6.30. The van der Waals surface area contributed by atoms with E-state index >= 15 is 0 Å². The van der Waals surface area contributed by atoms with E-state index in [1.807, 2.05) is 37.3 Å². The summed E-state index contributed by atoms with van der Waals surface area (Å²) in [6, 6.07) is 10.9. The Labute approximate surface area is 210 Å². The number of rotatable bonds is 7. The third-order valence-electron chi connectivity index (χ3n) is 6.49. The van der Waals surface area contributed by atoms with E-state index in [1.54, 1.807) is 48.4 Å². The Balaban J connectivity index is 1.62. The first-order valence-electron chi connectivity index (χ1n) is 12.0. The number of carbonyl (C=O) groups is 2. The molecule has 188 valence electrons. The second-order valence-electron chi connectivity index (χ2n) is 9.26. The molecular formula is C27H31N5O4. The van der Waals surface area contributed by atoms with E-state index in [0.717, 1.165) is 11.1 Å². The highest BCUT2D eigenvalue weighted by atomic mass is 16.5. The van der Waals surface area contributed by atoms with Gasteiger partial charge in [-0.15, -0.1) is 0 Å². The van der Waals surface area contributed by atoms with Crippen LogP contribution in [-0.4, -0.2) is 80.6 Å². The summed E-state index contributed by atoms with van der Waals surface area (Å²) in [6.07, 6.45) is 6.24. The average molecular weight is 490 g/mol. The molecule has 0 aliphatic carbocycles. The molecule has 0 fully saturated rings. The summed E-state index contributed by atoms with van der Waals surface area (Å²) in [4.78, 5) is 42.4. The zero-order valence-electron chi connectivity index (χ0n) is 20.7. The number of hydrogen-bond acceptors (Lipinski definition) is 7. The minimum absolute atomic E-state index is 0.0247. The standard InChI is InChI=1S/C27H31N5O4/c1-18-14-32(19(2)16-33)27(35)23-10-21(22-11-28-17-29-12-22)13-30-26(23)36-24(18)15-31(3)25(34)9-20-7-5-4-6-8-20/h4-8,10-13,17-19,24,33H,9,14-16H2,1-3H3/t18-,19+,24-/m0/s1. The number of aromatic nitrogens is 3. The van der Waals surface area contributed by atoms with Crippen molar-refractivity contribution in [2.45, 2.75) is 32.4 Å². The lowest BCUT2D eigenvalue weighted by atomic mass is 9.99. The smallest absolute Gasteiger partial charge is 0.259 e. The second-order valence-corrected chi connectivity index (χ2v) is 9.26. The molecule has 0 unspecified atom stereocenters. The molecule has 9 nitrogen and oxygen atoms in total. The number of nitrogens with zero attached hydrogens (tertiary/aromatic N) is 5. The van der Waals surface area contributed by atoms with E-state index in [4.69, 9.17) is 4.74 Å². The van der Waals surface area contributed by atoms with Gasteiger partial charge in [-0.05, 0) is 18.6 Å². The maximum atomic E-state index is 13.6. The summed E-state index contributed by atoms with van der Waals surface area (Å²) in [7, 11) is 1.76. The molecule has 0 bridgehead atoms. The quantitative estimate of drug-likeness (QED) is 0.543. The summed E-state index contributed by atoms with van der Waals surface area (Å²) >= 11 is 0. The number of aliphatic hydroxyl groups excluding tert-OH is 1. The highest BCUT2D eigenvalue weighted by Crippen LogP contribution is 2.30. The lowest BCUT2D eigenvalue weighted by Gasteiger charge is -2.37. The molecule has 9 heteroatoms. The van der Waals surface area contributed by atoms with Crippen molar-refractivity contribution in [3.05, 3.63) is 72.4 Å². The van der Waals surface area contributed by atoms with Gasteiger partial charge in [0.1, 0.15) is 18.0 Å². The number of benzene rings is 1. The van der Waals surface area contributed by atoms with E-state index < -0.39 is 12.1 Å². The second kappa shape index (κ2) is 11.3. The molecule has 0 saturated carbocycles. The van der Waals surface area contributed by atoms with Crippen LogP contribution in [0, 0.1) is 5.92 Å². The first-order valence-corrected chi connectivity index (χ1v) is 12.0. The van der Waals surface area contributed by atoms with Crippen LogP contribution in [-0.2, 0) is 11.2 Å². The number of likely N-dealkylation sites (N-methyl/N-ethyl adjacent to an activating group) is 1. The number of amides is 2. The average Bonchev–Trinajstić information content (AvgIpc) is 2.91. The largest absolute Gasteiger partial charge is 0.472 e. The van der Waals surface area contributed by atoms with Gasteiger partial charge >= 0.3 is 0 Å². The van der Waals surface area contributed by atoms with Crippen molar-refractivity contribution in [1.82, 2.24) is 24.8 Å². The zero-order chi connectivity index (χ0) is 25.7. The molecule has 1 aliphatic heterocycles. The fourth-order valence-electron chi connectivity index (χ4n) is 4.20. The predicted molar refractivity (Wildman–Crippen MR) is 134 cm³/mol. The van der Waals surface area contributed by atoms with Crippen molar-refractivity contribution >= 4 is 11.8 Å². The van der Waals surface area contributed by atoms with Gasteiger partial charge < -0.3 is 19.6 Å². The maximum Gasteiger partial charge on any atom is 0.259 e. The Bertz CT molecular complexity index is 1190. The van der Waals surface area contributed by atoms with E-state index in [9.17, 15) is 14.7 Å². The number of ether oxygens (including phenoxy) is 1. The van der Waals surface area contributed by atoms with Gasteiger partial charge in [-0.3, -0.25) is 9.59 Å². The van der Waals surface area contributed by atoms with Crippen molar-refractivity contribution in [2.75, 3.05) is 26.7 Å². The van der Waals surface area contributed by atoms with Crippen LogP contribution in [0.4, 0.5) is 0 Å². The Morgan fingerprint density at radius 2 is 1.92 bits per heavy atom. The molecule has 1 aromatic carbocycles. The molecular weight excluding hydrogens is 458 g/mol. The molecule has 2 amide bonds. The Hall–Kier alpha value is -3.85. The van der Waals surface area contributed by atoms with Crippen LogP contribution >= 0.6 is 0 Å². The third-order valence-corrected chi connectivity index (χ3v) is 6.49. The van der Waals surface area contributed by atoms with Crippen molar-refractivity contribution in [3.8, 4) is 17.0 Å². The SMILES string of the molecule is C[C@H](CO)N1C[C@H](C)[C@H](CN(C)C(=O)Cc2ccccc2)Oc2ncc(-c3cncnc3)cc2C1=O. The minimum atomic E-state index is -0.409. The fraction of sp³-hybridized carbons (Fsp3) is 0.370. The lowest BCUT2D eigenvalue weighted by Crippen LogP contribution is -2.50. The molecule has 1 N–H and O–H groups in total. The van der Waals surface area contributed by atoms with Crippen LogP contribution in [0.2, 0.25) is 0 Å². The molecule has 0 spiro atoms. The normalized spacial score (nSPS) is 18.4. The van der Waals surface area contributed by atoms with Gasteiger partial charge in [0.15, 0.2) is 0 Å². The molecule has 3 heterocycles. The van der Waals surface area contributed by atoms with Crippen molar-refractivity contribution in [3.63, 3.8) is 0 Å². The van der Waals surface area contributed by atoms with Crippen molar-refractivity contribution in [2.24, 2.45) is 5.92 Å². The van der Waals surface area contributed by atoms with Crippen LogP contribution < -0.4 is 4.74 Å². The molecule has 3 aromatic rings. The van der Waals surface area contributed by atoms with Gasteiger partial charge in [-0.2, -0.15) is 0 Å².